The molecule has 5 nitrogen and oxygen atoms in total. The Morgan fingerprint density at radius 2 is 1.50 bits per heavy atom. The van der Waals surface area contributed by atoms with Gasteiger partial charge in [-0.1, -0.05) is 22.0 Å². The van der Waals surface area contributed by atoms with Crippen LogP contribution < -0.4 is 0 Å². The summed E-state index contributed by atoms with van der Waals surface area (Å²) < 4.78 is 28.6. The van der Waals surface area contributed by atoms with E-state index in [1.165, 1.54) is 11.0 Å². The van der Waals surface area contributed by atoms with Crippen molar-refractivity contribution in [3.8, 4) is 0 Å². The van der Waals surface area contributed by atoms with Crippen molar-refractivity contribution in [1.82, 2.24) is 14.8 Å². The molecule has 2 aromatic carbocycles. The van der Waals surface area contributed by atoms with Gasteiger partial charge < -0.3 is 14.8 Å². The van der Waals surface area contributed by atoms with Gasteiger partial charge in [0, 0.05) is 41.6 Å². The Morgan fingerprint density at radius 3 is 2.14 bits per heavy atom. The molecule has 4 rings (SSSR count). The molecule has 1 fully saturated rings. The van der Waals surface area contributed by atoms with E-state index in [2.05, 4.69) is 20.9 Å². The van der Waals surface area contributed by atoms with Crippen LogP contribution in [0.15, 0.2) is 46.9 Å². The molecule has 3 aromatic rings. The number of aromatic amines is 1. The molecule has 1 aliphatic heterocycles. The Hall–Kier alpha value is -2.74. The van der Waals surface area contributed by atoms with Crippen molar-refractivity contribution in [2.24, 2.45) is 0 Å². The van der Waals surface area contributed by atoms with E-state index in [0.29, 0.717) is 18.8 Å². The molecule has 8 heteroatoms. The molecule has 0 aliphatic carbocycles. The zero-order chi connectivity index (χ0) is 19.8. The highest BCUT2D eigenvalue weighted by Crippen LogP contribution is 2.22. The third-order valence-corrected chi connectivity index (χ3v) is 5.34. The molecule has 1 aliphatic rings. The fourth-order valence-corrected chi connectivity index (χ4v) is 3.74. The van der Waals surface area contributed by atoms with Crippen LogP contribution in [0.3, 0.4) is 0 Å². The molecular weight excluding hydrogens is 432 g/mol. The Balaban J connectivity index is 1.46. The minimum atomic E-state index is -0.882. The van der Waals surface area contributed by atoms with Crippen LogP contribution in [0.25, 0.3) is 10.9 Å². The number of benzene rings is 2. The van der Waals surface area contributed by atoms with E-state index in [4.69, 9.17) is 0 Å². The molecule has 28 heavy (non-hydrogen) atoms. The second kappa shape index (κ2) is 7.35. The third kappa shape index (κ3) is 3.40. The fraction of sp³-hybridized carbons (Fsp3) is 0.200. The van der Waals surface area contributed by atoms with Crippen molar-refractivity contribution in [1.29, 1.82) is 0 Å². The zero-order valence-electron chi connectivity index (χ0n) is 14.7. The second-order valence-electron chi connectivity index (χ2n) is 6.60. The summed E-state index contributed by atoms with van der Waals surface area (Å²) in [6.07, 6.45) is 0. The van der Waals surface area contributed by atoms with Crippen molar-refractivity contribution < 1.29 is 18.4 Å². The lowest BCUT2D eigenvalue weighted by molar-refractivity contribution is 0.0527. The lowest BCUT2D eigenvalue weighted by Crippen LogP contribution is -2.51. The molecule has 2 amide bonds. The summed E-state index contributed by atoms with van der Waals surface area (Å²) in [7, 11) is 0. The van der Waals surface area contributed by atoms with Gasteiger partial charge in [-0.2, -0.15) is 0 Å². The van der Waals surface area contributed by atoms with E-state index < -0.39 is 23.1 Å². The first kappa shape index (κ1) is 18.6. The van der Waals surface area contributed by atoms with E-state index in [0.717, 1.165) is 27.5 Å². The van der Waals surface area contributed by atoms with Gasteiger partial charge in [0.1, 0.15) is 22.9 Å². The number of fused-ring (bicyclic) bond motifs is 1. The maximum absolute atomic E-state index is 13.9. The Morgan fingerprint density at radius 1 is 0.893 bits per heavy atom. The van der Waals surface area contributed by atoms with Gasteiger partial charge in [-0.25, -0.2) is 8.78 Å². The van der Waals surface area contributed by atoms with Gasteiger partial charge in [0.25, 0.3) is 11.8 Å². The van der Waals surface area contributed by atoms with Crippen molar-refractivity contribution in [3.63, 3.8) is 0 Å². The number of rotatable bonds is 2. The molecule has 0 radical (unpaired) electrons. The molecule has 2 heterocycles. The number of H-pyrrole nitrogens is 1. The molecule has 0 spiro atoms. The molecular formula is C20H16BrF2N3O2. The molecule has 144 valence electrons. The van der Waals surface area contributed by atoms with Crippen LogP contribution in [0.4, 0.5) is 8.78 Å². The number of halogens is 3. The van der Waals surface area contributed by atoms with Crippen molar-refractivity contribution >= 4 is 38.6 Å². The number of nitrogens with zero attached hydrogens (tertiary/aromatic N) is 2. The van der Waals surface area contributed by atoms with Crippen LogP contribution >= 0.6 is 15.9 Å². The van der Waals surface area contributed by atoms with Crippen LogP contribution in [0.1, 0.15) is 20.8 Å². The molecule has 0 bridgehead atoms. The highest BCUT2D eigenvalue weighted by molar-refractivity contribution is 9.10. The van der Waals surface area contributed by atoms with E-state index >= 15 is 0 Å². The SMILES string of the molecule is O=C(c1cc2cc(Br)ccc2[nH]1)N1CCN(C(=O)c2c(F)cccc2F)CC1. The first-order valence-corrected chi connectivity index (χ1v) is 9.54. The largest absolute Gasteiger partial charge is 0.351 e. The molecule has 1 saturated heterocycles. The minimum absolute atomic E-state index is 0.170. The highest BCUT2D eigenvalue weighted by atomic mass is 79.9. The normalized spacial score (nSPS) is 14.5. The number of hydrogen-bond acceptors (Lipinski definition) is 2. The van der Waals surface area contributed by atoms with Gasteiger partial charge in [0.05, 0.1) is 0 Å². The quantitative estimate of drug-likeness (QED) is 0.649. The highest BCUT2D eigenvalue weighted by Gasteiger charge is 2.29. The number of aromatic nitrogens is 1. The van der Waals surface area contributed by atoms with Gasteiger partial charge in [-0.05, 0) is 36.4 Å². The summed E-state index contributed by atoms with van der Waals surface area (Å²) >= 11 is 3.40. The van der Waals surface area contributed by atoms with Crippen LogP contribution in [0.2, 0.25) is 0 Å². The predicted molar refractivity (Wildman–Crippen MR) is 104 cm³/mol. The first-order chi connectivity index (χ1) is 13.4. The lowest BCUT2D eigenvalue weighted by atomic mass is 10.1. The number of amides is 2. The average Bonchev–Trinajstić information content (AvgIpc) is 3.10. The maximum atomic E-state index is 13.9. The third-order valence-electron chi connectivity index (χ3n) is 4.84. The van der Waals surface area contributed by atoms with Crippen LogP contribution in [-0.2, 0) is 0 Å². The standard InChI is InChI=1S/C20H16BrF2N3O2/c21-13-4-5-16-12(10-13)11-17(24-16)19(27)25-6-8-26(9-7-25)20(28)18-14(22)2-1-3-15(18)23/h1-5,10-11,24H,6-9H2. The first-order valence-electron chi connectivity index (χ1n) is 8.75. The molecule has 0 unspecified atom stereocenters. The summed E-state index contributed by atoms with van der Waals surface area (Å²) in [5.41, 5.74) is 0.770. The second-order valence-corrected chi connectivity index (χ2v) is 7.51. The van der Waals surface area contributed by atoms with Crippen LogP contribution in [-0.4, -0.2) is 52.8 Å². The Kier molecular flexibility index (Phi) is 4.89. The van der Waals surface area contributed by atoms with Crippen molar-refractivity contribution in [3.05, 3.63) is 69.8 Å². The van der Waals surface area contributed by atoms with Crippen LogP contribution in [0.5, 0.6) is 0 Å². The smallest absolute Gasteiger partial charge is 0.270 e. The summed E-state index contributed by atoms with van der Waals surface area (Å²) in [6.45, 7) is 1.01. The molecule has 0 saturated carbocycles. The van der Waals surface area contributed by atoms with E-state index in [1.807, 2.05) is 18.2 Å². The molecule has 1 N–H and O–H groups in total. The van der Waals surface area contributed by atoms with Crippen LogP contribution in [0, 0.1) is 11.6 Å². The summed E-state index contributed by atoms with van der Waals surface area (Å²) in [5, 5.41) is 0.918. The maximum Gasteiger partial charge on any atom is 0.270 e. The monoisotopic (exact) mass is 447 g/mol. The number of carbonyl (C=O) groups excluding carboxylic acids is 2. The number of carbonyl (C=O) groups is 2. The Bertz CT molecular complexity index is 1050. The molecule has 0 atom stereocenters. The van der Waals surface area contributed by atoms with Gasteiger partial charge in [-0.3, -0.25) is 9.59 Å². The van der Waals surface area contributed by atoms with Gasteiger partial charge in [0.2, 0.25) is 0 Å². The van der Waals surface area contributed by atoms with E-state index in [9.17, 15) is 18.4 Å². The fourth-order valence-electron chi connectivity index (χ4n) is 3.36. The minimum Gasteiger partial charge on any atom is -0.351 e. The van der Waals surface area contributed by atoms with Gasteiger partial charge >= 0.3 is 0 Å². The number of piperazine rings is 1. The van der Waals surface area contributed by atoms with Gasteiger partial charge in [0.15, 0.2) is 0 Å². The number of nitrogens with one attached hydrogen (secondary N) is 1. The van der Waals surface area contributed by atoms with Crippen molar-refractivity contribution in [2.75, 3.05) is 26.2 Å². The molecule has 1 aromatic heterocycles. The van der Waals surface area contributed by atoms with E-state index in [1.54, 1.807) is 11.0 Å². The summed E-state index contributed by atoms with van der Waals surface area (Å²) in [6, 6.07) is 10.8. The zero-order valence-corrected chi connectivity index (χ0v) is 16.3. The van der Waals surface area contributed by atoms with Crippen molar-refractivity contribution in [2.45, 2.75) is 0 Å². The topological polar surface area (TPSA) is 56.4 Å². The number of hydrogen-bond donors (Lipinski definition) is 1. The summed E-state index contributed by atoms with van der Waals surface area (Å²) in [5.74, 6) is -2.63. The lowest BCUT2D eigenvalue weighted by Gasteiger charge is -2.34. The summed E-state index contributed by atoms with van der Waals surface area (Å²) in [4.78, 5) is 31.3. The van der Waals surface area contributed by atoms with E-state index in [-0.39, 0.29) is 19.0 Å². The Labute approximate surface area is 168 Å². The average molecular weight is 448 g/mol. The predicted octanol–water partition coefficient (Wildman–Crippen LogP) is 3.81. The van der Waals surface area contributed by atoms with Gasteiger partial charge in [-0.15, -0.1) is 0 Å².